The van der Waals surface area contributed by atoms with Crippen molar-refractivity contribution < 1.29 is 127 Å². The molecule has 0 rings (SSSR count). The molecule has 0 aromatic carbocycles. The Morgan fingerprint density at radius 1 is 1.21 bits per heavy atom. The third-order valence-electron chi connectivity index (χ3n) is 1.03. The Morgan fingerprint density at radius 2 is 1.64 bits per heavy atom. The second-order valence-electron chi connectivity index (χ2n) is 2.15. The second kappa shape index (κ2) is 11.2. The average Bonchev–Trinajstić information content (AvgIpc) is 1.83. The molecule has 68 valence electrons. The quantitative estimate of drug-likeness (QED) is 0.499. The monoisotopic (exact) mass is 251 g/mol. The SMILES string of the molecule is CC(=O)NC(CC(=O)[O-])C(=O)[O-].[K+].[K+]. The topological polar surface area (TPSA) is 109 Å². The molecule has 0 bridgehead atoms. The predicted molar refractivity (Wildman–Crippen MR) is 32.2 cm³/mol. The maximum absolute atomic E-state index is 10.3. The largest absolute Gasteiger partial charge is 1.00 e. The van der Waals surface area contributed by atoms with Gasteiger partial charge in [-0.15, -0.1) is 0 Å². The summed E-state index contributed by atoms with van der Waals surface area (Å²) in [5.41, 5.74) is 0. The van der Waals surface area contributed by atoms with Gasteiger partial charge < -0.3 is 25.1 Å². The van der Waals surface area contributed by atoms with Crippen LogP contribution in [0.4, 0.5) is 0 Å². The molecule has 1 atom stereocenters. The third-order valence-corrected chi connectivity index (χ3v) is 1.03. The van der Waals surface area contributed by atoms with Crippen LogP contribution >= 0.6 is 0 Å². The first kappa shape index (κ1) is 21.0. The molecule has 0 fully saturated rings. The summed E-state index contributed by atoms with van der Waals surface area (Å²) in [6, 6.07) is -1.52. The average molecular weight is 251 g/mol. The summed E-state index contributed by atoms with van der Waals surface area (Å²) in [4.78, 5) is 30.4. The maximum atomic E-state index is 10.3. The number of rotatable bonds is 4. The van der Waals surface area contributed by atoms with Crippen LogP contribution in [0.2, 0.25) is 0 Å². The summed E-state index contributed by atoms with van der Waals surface area (Å²) < 4.78 is 0. The summed E-state index contributed by atoms with van der Waals surface area (Å²) in [5.74, 6) is -3.84. The van der Waals surface area contributed by atoms with E-state index in [1.165, 1.54) is 0 Å². The first-order valence-corrected chi connectivity index (χ1v) is 3.11. The molecule has 0 spiro atoms. The van der Waals surface area contributed by atoms with E-state index < -0.39 is 30.3 Å². The van der Waals surface area contributed by atoms with Gasteiger partial charge in [0.05, 0.1) is 12.0 Å². The first-order valence-electron chi connectivity index (χ1n) is 3.11. The van der Waals surface area contributed by atoms with E-state index in [9.17, 15) is 24.6 Å². The Balaban J connectivity index is -0.000000605. The molecule has 1 N–H and O–H groups in total. The summed E-state index contributed by atoms with van der Waals surface area (Å²) >= 11 is 0. The number of nitrogens with one attached hydrogen (secondary N) is 1. The Labute approximate surface area is 166 Å². The van der Waals surface area contributed by atoms with Gasteiger partial charge in [0.1, 0.15) is 0 Å². The van der Waals surface area contributed by atoms with Crippen molar-refractivity contribution in [1.82, 2.24) is 5.32 Å². The van der Waals surface area contributed by atoms with E-state index in [-0.39, 0.29) is 103 Å². The Bertz CT molecular complexity index is 204. The van der Waals surface area contributed by atoms with Gasteiger partial charge in [0.15, 0.2) is 0 Å². The fourth-order valence-corrected chi connectivity index (χ4v) is 0.605. The smallest absolute Gasteiger partial charge is 0.550 e. The molecule has 14 heavy (non-hydrogen) atoms. The Morgan fingerprint density at radius 3 is 1.86 bits per heavy atom. The minimum absolute atomic E-state index is 0. The molecular formula is C6H7K2NO5. The zero-order valence-corrected chi connectivity index (χ0v) is 14.6. The van der Waals surface area contributed by atoms with Gasteiger partial charge in [0.2, 0.25) is 5.91 Å². The van der Waals surface area contributed by atoms with Gasteiger partial charge in [-0.2, -0.15) is 0 Å². The molecule has 0 aliphatic heterocycles. The summed E-state index contributed by atoms with van der Waals surface area (Å²) in [6.45, 7) is 1.07. The number of carboxylic acids is 2. The van der Waals surface area contributed by atoms with Crippen LogP contribution in [0.15, 0.2) is 0 Å². The van der Waals surface area contributed by atoms with E-state index >= 15 is 0 Å². The predicted octanol–water partition coefficient (Wildman–Crippen LogP) is -9.61. The summed E-state index contributed by atoms with van der Waals surface area (Å²) in [6.07, 6.45) is -0.790. The van der Waals surface area contributed by atoms with E-state index in [0.29, 0.717) is 0 Å². The van der Waals surface area contributed by atoms with Crippen LogP contribution in [0.1, 0.15) is 13.3 Å². The first-order chi connectivity index (χ1) is 5.43. The standard InChI is InChI=1S/C6H9NO5.2K/c1-3(8)7-4(6(11)12)2-5(9)10;;/h4H,2H2,1H3,(H,7,8)(H,9,10)(H,11,12);;/q;2*+1/p-2. The number of aliphatic carboxylic acids is 2. The zero-order chi connectivity index (χ0) is 9.72. The van der Waals surface area contributed by atoms with Gasteiger partial charge in [0.25, 0.3) is 0 Å². The summed E-state index contributed by atoms with van der Waals surface area (Å²) in [7, 11) is 0. The van der Waals surface area contributed by atoms with Crippen molar-refractivity contribution in [3.8, 4) is 0 Å². The molecule has 0 radical (unpaired) electrons. The van der Waals surface area contributed by atoms with Gasteiger partial charge in [0, 0.05) is 19.3 Å². The van der Waals surface area contributed by atoms with Crippen LogP contribution in [-0.2, 0) is 14.4 Å². The summed E-state index contributed by atoms with van der Waals surface area (Å²) in [5, 5.41) is 22.0. The molecule has 0 aliphatic carbocycles. The fraction of sp³-hybridized carbons (Fsp3) is 0.500. The molecular weight excluding hydrogens is 244 g/mol. The van der Waals surface area contributed by atoms with Crippen LogP contribution < -0.4 is 118 Å². The van der Waals surface area contributed by atoms with Crippen LogP contribution in [0.25, 0.3) is 0 Å². The van der Waals surface area contributed by atoms with Crippen LogP contribution in [0, 0.1) is 0 Å². The van der Waals surface area contributed by atoms with Crippen molar-refractivity contribution in [1.29, 1.82) is 0 Å². The number of carbonyl (C=O) groups excluding carboxylic acids is 3. The normalized spacial score (nSPS) is 10.1. The molecule has 0 saturated heterocycles. The molecule has 8 heteroatoms. The van der Waals surface area contributed by atoms with Gasteiger partial charge in [-0.05, 0) is 0 Å². The maximum Gasteiger partial charge on any atom is 1.00 e. The Hall–Kier alpha value is 1.68. The van der Waals surface area contributed by atoms with E-state index in [1.54, 1.807) is 0 Å². The molecule has 0 aromatic rings. The fourth-order valence-electron chi connectivity index (χ4n) is 0.605. The number of amides is 1. The van der Waals surface area contributed by atoms with Crippen LogP contribution in [0.5, 0.6) is 0 Å². The number of hydrogen-bond acceptors (Lipinski definition) is 5. The molecule has 0 aromatic heterocycles. The van der Waals surface area contributed by atoms with Crippen molar-refractivity contribution in [2.45, 2.75) is 19.4 Å². The second-order valence-corrected chi connectivity index (χ2v) is 2.15. The van der Waals surface area contributed by atoms with E-state index in [2.05, 4.69) is 0 Å². The van der Waals surface area contributed by atoms with Crippen molar-refractivity contribution in [3.63, 3.8) is 0 Å². The minimum atomic E-state index is -1.64. The van der Waals surface area contributed by atoms with Gasteiger partial charge in [-0.3, -0.25) is 4.79 Å². The molecule has 0 heterocycles. The van der Waals surface area contributed by atoms with E-state index in [4.69, 9.17) is 0 Å². The van der Waals surface area contributed by atoms with Gasteiger partial charge in [-0.1, -0.05) is 0 Å². The molecule has 6 nitrogen and oxygen atoms in total. The molecule has 1 unspecified atom stereocenters. The van der Waals surface area contributed by atoms with Crippen molar-refractivity contribution in [3.05, 3.63) is 0 Å². The minimum Gasteiger partial charge on any atom is -0.550 e. The van der Waals surface area contributed by atoms with E-state index in [0.717, 1.165) is 6.92 Å². The van der Waals surface area contributed by atoms with Crippen molar-refractivity contribution in [2.24, 2.45) is 0 Å². The van der Waals surface area contributed by atoms with Crippen LogP contribution in [-0.4, -0.2) is 23.9 Å². The van der Waals surface area contributed by atoms with Gasteiger partial charge >= 0.3 is 103 Å². The molecule has 1 amide bonds. The van der Waals surface area contributed by atoms with Crippen LogP contribution in [0.3, 0.4) is 0 Å². The molecule has 0 aliphatic rings. The van der Waals surface area contributed by atoms with Gasteiger partial charge in [-0.25, -0.2) is 0 Å². The van der Waals surface area contributed by atoms with Crippen molar-refractivity contribution in [2.75, 3.05) is 0 Å². The Kier molecular flexibility index (Phi) is 16.8. The van der Waals surface area contributed by atoms with Crippen molar-refractivity contribution >= 4 is 17.8 Å². The molecule has 0 saturated carbocycles. The number of hydrogen-bond donors (Lipinski definition) is 1. The zero-order valence-electron chi connectivity index (χ0n) is 8.33. The van der Waals surface area contributed by atoms with E-state index in [1.807, 2.05) is 5.32 Å². The number of carbonyl (C=O) groups is 3. The number of carboxylic acid groups (broad SMARTS) is 2. The third kappa shape index (κ3) is 11.8.